The second-order valence-electron chi connectivity index (χ2n) is 4.04. The molecule has 0 spiro atoms. The Morgan fingerprint density at radius 2 is 2.47 bits per heavy atom. The van der Waals surface area contributed by atoms with E-state index in [2.05, 4.69) is 22.2 Å². The average molecular weight is 214 g/mol. The summed E-state index contributed by atoms with van der Waals surface area (Å²) in [7, 11) is 1.70. The van der Waals surface area contributed by atoms with Gasteiger partial charge in [0.1, 0.15) is 0 Å². The van der Waals surface area contributed by atoms with E-state index in [4.69, 9.17) is 10.6 Å². The molecule has 0 bridgehead atoms. The van der Waals surface area contributed by atoms with E-state index in [9.17, 15) is 0 Å². The number of guanidine groups is 1. The fourth-order valence-electron chi connectivity index (χ4n) is 1.76. The van der Waals surface area contributed by atoms with Crippen LogP contribution in [0.25, 0.3) is 0 Å². The highest BCUT2D eigenvalue weighted by atomic mass is 16.5. The van der Waals surface area contributed by atoms with Crippen LogP contribution < -0.4 is 11.3 Å². The Hall–Kier alpha value is -0.810. The summed E-state index contributed by atoms with van der Waals surface area (Å²) in [5.41, 5.74) is 2.68. The third-order valence-corrected chi connectivity index (χ3v) is 2.62. The number of ether oxygens (including phenoxy) is 1. The molecular weight excluding hydrogens is 192 g/mol. The van der Waals surface area contributed by atoms with Crippen LogP contribution in [-0.4, -0.2) is 44.2 Å². The molecule has 5 nitrogen and oxygen atoms in total. The Bertz CT molecular complexity index is 208. The zero-order chi connectivity index (χ0) is 11.1. The number of nitrogens with zero attached hydrogens (tertiary/aromatic N) is 2. The molecule has 0 amide bonds. The van der Waals surface area contributed by atoms with E-state index in [0.29, 0.717) is 0 Å². The summed E-state index contributed by atoms with van der Waals surface area (Å²) in [4.78, 5) is 6.63. The Labute approximate surface area is 91.6 Å². The molecule has 1 aliphatic rings. The number of rotatable bonds is 4. The van der Waals surface area contributed by atoms with E-state index in [-0.39, 0.29) is 0 Å². The first-order chi connectivity index (χ1) is 7.27. The largest absolute Gasteiger partial charge is 0.385 e. The number of hydrogen-bond acceptors (Lipinski definition) is 3. The van der Waals surface area contributed by atoms with Crippen molar-refractivity contribution in [2.24, 2.45) is 16.8 Å². The van der Waals surface area contributed by atoms with Gasteiger partial charge in [-0.2, -0.15) is 0 Å². The minimum atomic E-state index is 0.738. The monoisotopic (exact) mass is 214 g/mol. The highest BCUT2D eigenvalue weighted by Crippen LogP contribution is 2.14. The maximum Gasteiger partial charge on any atom is 0.208 e. The van der Waals surface area contributed by atoms with E-state index in [0.717, 1.165) is 44.5 Å². The normalized spacial score (nSPS) is 22.2. The second-order valence-corrected chi connectivity index (χ2v) is 4.04. The summed E-state index contributed by atoms with van der Waals surface area (Å²) < 4.78 is 4.97. The Balaban J connectivity index is 2.33. The first kappa shape index (κ1) is 12.3. The standard InChI is InChI=1S/C10H22N4O/c1-9-4-6-14(8-9)10(13-11)12-5-3-7-15-2/h9H,3-8,11H2,1-2H3,(H,12,13). The number of methoxy groups -OCH3 is 1. The first-order valence-electron chi connectivity index (χ1n) is 5.53. The zero-order valence-corrected chi connectivity index (χ0v) is 9.70. The number of nitrogens with two attached hydrogens (primary N) is 1. The van der Waals surface area contributed by atoms with Crippen molar-refractivity contribution in [3.05, 3.63) is 0 Å². The topological polar surface area (TPSA) is 62.9 Å². The molecule has 0 radical (unpaired) electrons. The van der Waals surface area contributed by atoms with Crippen molar-refractivity contribution < 1.29 is 4.74 Å². The summed E-state index contributed by atoms with van der Waals surface area (Å²) in [6.07, 6.45) is 2.16. The van der Waals surface area contributed by atoms with Gasteiger partial charge in [-0.15, -0.1) is 0 Å². The molecule has 88 valence electrons. The minimum Gasteiger partial charge on any atom is -0.385 e. The minimum absolute atomic E-state index is 0.738. The van der Waals surface area contributed by atoms with Crippen LogP contribution in [0.15, 0.2) is 4.99 Å². The molecule has 0 aromatic carbocycles. The highest BCUT2D eigenvalue weighted by Gasteiger charge is 2.20. The maximum absolute atomic E-state index is 5.46. The fourth-order valence-corrected chi connectivity index (χ4v) is 1.76. The van der Waals surface area contributed by atoms with Gasteiger partial charge in [0.05, 0.1) is 0 Å². The van der Waals surface area contributed by atoms with Gasteiger partial charge in [0.15, 0.2) is 0 Å². The number of nitrogens with one attached hydrogen (secondary N) is 1. The Morgan fingerprint density at radius 1 is 1.67 bits per heavy atom. The van der Waals surface area contributed by atoms with E-state index in [1.807, 2.05) is 0 Å². The maximum atomic E-state index is 5.46. The average Bonchev–Trinajstić information content (AvgIpc) is 2.65. The molecule has 0 aliphatic carbocycles. The van der Waals surface area contributed by atoms with Crippen molar-refractivity contribution in [1.29, 1.82) is 0 Å². The van der Waals surface area contributed by atoms with E-state index < -0.39 is 0 Å². The predicted octanol–water partition coefficient (Wildman–Crippen LogP) is 0.184. The molecule has 1 atom stereocenters. The highest BCUT2D eigenvalue weighted by molar-refractivity contribution is 5.79. The van der Waals surface area contributed by atoms with Crippen LogP contribution >= 0.6 is 0 Å². The summed E-state index contributed by atoms with van der Waals surface area (Å²) in [5, 5.41) is 0. The molecule has 1 heterocycles. The zero-order valence-electron chi connectivity index (χ0n) is 9.70. The summed E-state index contributed by atoms with van der Waals surface area (Å²) in [6, 6.07) is 0. The summed E-state index contributed by atoms with van der Waals surface area (Å²) in [5.74, 6) is 7.01. The van der Waals surface area contributed by atoms with Gasteiger partial charge in [0, 0.05) is 33.4 Å². The molecule has 0 aromatic heterocycles. The van der Waals surface area contributed by atoms with Gasteiger partial charge in [-0.05, 0) is 18.8 Å². The van der Waals surface area contributed by atoms with Gasteiger partial charge in [0.2, 0.25) is 5.96 Å². The van der Waals surface area contributed by atoms with Gasteiger partial charge in [0.25, 0.3) is 0 Å². The Kier molecular flexibility index (Phi) is 5.42. The third kappa shape index (κ3) is 4.05. The molecule has 15 heavy (non-hydrogen) atoms. The quantitative estimate of drug-likeness (QED) is 0.230. The summed E-state index contributed by atoms with van der Waals surface area (Å²) >= 11 is 0. The molecule has 1 rings (SSSR count). The predicted molar refractivity (Wildman–Crippen MR) is 61.5 cm³/mol. The second kappa shape index (κ2) is 6.63. The van der Waals surface area contributed by atoms with Crippen LogP contribution in [0.3, 0.4) is 0 Å². The van der Waals surface area contributed by atoms with Crippen LogP contribution in [0.1, 0.15) is 19.8 Å². The van der Waals surface area contributed by atoms with Gasteiger partial charge < -0.3 is 9.64 Å². The molecule has 1 fully saturated rings. The van der Waals surface area contributed by atoms with Gasteiger partial charge in [-0.25, -0.2) is 5.84 Å². The smallest absolute Gasteiger partial charge is 0.208 e. The van der Waals surface area contributed by atoms with Crippen molar-refractivity contribution in [1.82, 2.24) is 10.3 Å². The molecule has 1 unspecified atom stereocenters. The van der Waals surface area contributed by atoms with Gasteiger partial charge in [-0.3, -0.25) is 10.4 Å². The van der Waals surface area contributed by atoms with Crippen molar-refractivity contribution in [2.45, 2.75) is 19.8 Å². The lowest BCUT2D eigenvalue weighted by atomic mass is 10.2. The molecule has 3 N–H and O–H groups in total. The third-order valence-electron chi connectivity index (χ3n) is 2.62. The van der Waals surface area contributed by atoms with E-state index in [1.165, 1.54) is 6.42 Å². The molecule has 1 aliphatic heterocycles. The van der Waals surface area contributed by atoms with Crippen molar-refractivity contribution >= 4 is 5.96 Å². The van der Waals surface area contributed by atoms with E-state index in [1.54, 1.807) is 7.11 Å². The van der Waals surface area contributed by atoms with E-state index >= 15 is 0 Å². The molecule has 0 aromatic rings. The lowest BCUT2D eigenvalue weighted by Gasteiger charge is -2.19. The molecule has 1 saturated heterocycles. The van der Waals surface area contributed by atoms with Gasteiger partial charge in [-0.1, -0.05) is 6.92 Å². The first-order valence-corrected chi connectivity index (χ1v) is 5.53. The number of hydrogen-bond donors (Lipinski definition) is 2. The lowest BCUT2D eigenvalue weighted by Crippen LogP contribution is -2.43. The van der Waals surface area contributed by atoms with Gasteiger partial charge >= 0.3 is 0 Å². The molecular formula is C10H22N4O. The van der Waals surface area contributed by atoms with Crippen molar-refractivity contribution in [3.63, 3.8) is 0 Å². The Morgan fingerprint density at radius 3 is 3.00 bits per heavy atom. The number of hydrazine groups is 1. The molecule has 0 saturated carbocycles. The lowest BCUT2D eigenvalue weighted by molar-refractivity contribution is 0.197. The van der Waals surface area contributed by atoms with Crippen molar-refractivity contribution in [2.75, 3.05) is 33.4 Å². The van der Waals surface area contributed by atoms with Crippen LogP contribution in [0, 0.1) is 5.92 Å². The van der Waals surface area contributed by atoms with Crippen molar-refractivity contribution in [3.8, 4) is 0 Å². The van der Waals surface area contributed by atoms with Crippen LogP contribution in [0.2, 0.25) is 0 Å². The number of likely N-dealkylation sites (tertiary alicyclic amines) is 1. The fraction of sp³-hybridized carbons (Fsp3) is 0.900. The summed E-state index contributed by atoms with van der Waals surface area (Å²) in [6.45, 7) is 5.86. The molecule has 5 heteroatoms. The SMILES string of the molecule is COCCCN=C(NN)N1CCC(C)C1. The van der Waals surface area contributed by atoms with Crippen LogP contribution in [0.5, 0.6) is 0 Å². The number of aliphatic imine (C=N–C) groups is 1. The van der Waals surface area contributed by atoms with Crippen LogP contribution in [0.4, 0.5) is 0 Å². The van der Waals surface area contributed by atoms with Crippen LogP contribution in [-0.2, 0) is 4.74 Å².